The molecule has 1 N–H and O–H groups in total. The maximum Gasteiger partial charge on any atom is 0.337 e. The second kappa shape index (κ2) is 3.17. The SMILES string of the molecule is C=C(C)c1ccc(C(=O)O)cn1. The van der Waals surface area contributed by atoms with Crippen molar-refractivity contribution in [3.05, 3.63) is 36.2 Å². The minimum absolute atomic E-state index is 0.194. The minimum Gasteiger partial charge on any atom is -0.478 e. The monoisotopic (exact) mass is 163 g/mol. The van der Waals surface area contributed by atoms with Gasteiger partial charge in [0, 0.05) is 6.20 Å². The molecular formula is C9H9NO2. The quantitative estimate of drug-likeness (QED) is 0.723. The summed E-state index contributed by atoms with van der Waals surface area (Å²) in [6.07, 6.45) is 1.33. The third-order valence-electron chi connectivity index (χ3n) is 1.45. The summed E-state index contributed by atoms with van der Waals surface area (Å²) < 4.78 is 0. The third-order valence-corrected chi connectivity index (χ3v) is 1.45. The van der Waals surface area contributed by atoms with Crippen LogP contribution >= 0.6 is 0 Å². The van der Waals surface area contributed by atoms with Crippen LogP contribution in [0.25, 0.3) is 5.57 Å². The molecule has 3 heteroatoms. The van der Waals surface area contributed by atoms with Crippen molar-refractivity contribution < 1.29 is 9.90 Å². The highest BCUT2D eigenvalue weighted by Gasteiger charge is 2.02. The van der Waals surface area contributed by atoms with Gasteiger partial charge >= 0.3 is 5.97 Å². The van der Waals surface area contributed by atoms with Crippen LogP contribution in [0.1, 0.15) is 23.0 Å². The summed E-state index contributed by atoms with van der Waals surface area (Å²) in [6.45, 7) is 5.51. The molecule has 0 saturated carbocycles. The maximum atomic E-state index is 10.4. The molecular weight excluding hydrogens is 154 g/mol. The van der Waals surface area contributed by atoms with Crippen LogP contribution in [0.15, 0.2) is 24.9 Å². The van der Waals surface area contributed by atoms with Gasteiger partial charge in [0.25, 0.3) is 0 Å². The van der Waals surface area contributed by atoms with Crippen molar-refractivity contribution in [2.75, 3.05) is 0 Å². The molecule has 3 nitrogen and oxygen atoms in total. The predicted octanol–water partition coefficient (Wildman–Crippen LogP) is 1.81. The van der Waals surface area contributed by atoms with E-state index >= 15 is 0 Å². The van der Waals surface area contributed by atoms with Crippen LogP contribution in [-0.4, -0.2) is 16.1 Å². The molecule has 0 aliphatic carbocycles. The molecule has 1 rings (SSSR count). The van der Waals surface area contributed by atoms with E-state index in [-0.39, 0.29) is 5.56 Å². The van der Waals surface area contributed by atoms with E-state index in [9.17, 15) is 4.79 Å². The van der Waals surface area contributed by atoms with Crippen molar-refractivity contribution in [1.82, 2.24) is 4.98 Å². The first-order valence-corrected chi connectivity index (χ1v) is 3.46. The summed E-state index contributed by atoms with van der Waals surface area (Å²) in [4.78, 5) is 14.3. The second-order valence-corrected chi connectivity index (χ2v) is 2.52. The smallest absolute Gasteiger partial charge is 0.337 e. The number of carboxylic acids is 1. The number of hydrogen-bond donors (Lipinski definition) is 1. The zero-order valence-corrected chi connectivity index (χ0v) is 6.74. The van der Waals surface area contributed by atoms with Crippen molar-refractivity contribution in [2.24, 2.45) is 0 Å². The number of aromatic carboxylic acids is 1. The highest BCUT2D eigenvalue weighted by atomic mass is 16.4. The topological polar surface area (TPSA) is 50.2 Å². The first-order chi connectivity index (χ1) is 5.61. The normalized spacial score (nSPS) is 9.42. The van der Waals surface area contributed by atoms with Gasteiger partial charge in [-0.2, -0.15) is 0 Å². The van der Waals surface area contributed by atoms with E-state index in [1.165, 1.54) is 12.3 Å². The minimum atomic E-state index is -0.962. The van der Waals surface area contributed by atoms with Crippen LogP contribution in [-0.2, 0) is 0 Å². The van der Waals surface area contributed by atoms with E-state index in [2.05, 4.69) is 11.6 Å². The third kappa shape index (κ3) is 1.69. The molecule has 0 spiro atoms. The van der Waals surface area contributed by atoms with E-state index in [0.29, 0.717) is 0 Å². The molecule has 0 aliphatic rings. The van der Waals surface area contributed by atoms with Gasteiger partial charge in [0.2, 0.25) is 0 Å². The van der Waals surface area contributed by atoms with Crippen molar-refractivity contribution in [2.45, 2.75) is 6.92 Å². The lowest BCUT2D eigenvalue weighted by Gasteiger charge is -1.97. The van der Waals surface area contributed by atoms with Gasteiger partial charge in [-0.15, -0.1) is 0 Å². The molecule has 0 fully saturated rings. The number of carboxylic acid groups (broad SMARTS) is 1. The number of aromatic nitrogens is 1. The van der Waals surface area contributed by atoms with Crippen molar-refractivity contribution >= 4 is 11.5 Å². The van der Waals surface area contributed by atoms with E-state index < -0.39 is 5.97 Å². The maximum absolute atomic E-state index is 10.4. The zero-order valence-electron chi connectivity index (χ0n) is 6.74. The van der Waals surface area contributed by atoms with E-state index in [1.54, 1.807) is 6.07 Å². The first kappa shape index (κ1) is 8.46. The Morgan fingerprint density at radius 2 is 2.25 bits per heavy atom. The summed E-state index contributed by atoms with van der Waals surface area (Å²) in [7, 11) is 0. The molecule has 0 unspecified atom stereocenters. The largest absolute Gasteiger partial charge is 0.478 e. The fourth-order valence-corrected chi connectivity index (χ4v) is 0.773. The van der Waals surface area contributed by atoms with E-state index in [4.69, 9.17) is 5.11 Å². The molecule has 0 aliphatic heterocycles. The van der Waals surface area contributed by atoms with Gasteiger partial charge in [0.1, 0.15) is 0 Å². The highest BCUT2D eigenvalue weighted by Crippen LogP contribution is 2.08. The van der Waals surface area contributed by atoms with Crippen LogP contribution in [0.5, 0.6) is 0 Å². The Morgan fingerprint density at radius 3 is 2.58 bits per heavy atom. The lowest BCUT2D eigenvalue weighted by molar-refractivity contribution is 0.0696. The van der Waals surface area contributed by atoms with Gasteiger partial charge in [0.05, 0.1) is 11.3 Å². The summed E-state index contributed by atoms with van der Waals surface area (Å²) in [6, 6.07) is 3.16. The van der Waals surface area contributed by atoms with Crippen LogP contribution in [0.4, 0.5) is 0 Å². The van der Waals surface area contributed by atoms with E-state index in [1.807, 2.05) is 6.92 Å². The van der Waals surface area contributed by atoms with Crippen LogP contribution in [0.2, 0.25) is 0 Å². The molecule has 1 aromatic rings. The molecule has 0 radical (unpaired) electrons. The number of hydrogen-bond acceptors (Lipinski definition) is 2. The van der Waals surface area contributed by atoms with Gasteiger partial charge < -0.3 is 5.11 Å². The second-order valence-electron chi connectivity index (χ2n) is 2.52. The van der Waals surface area contributed by atoms with Gasteiger partial charge in [-0.05, 0) is 24.6 Å². The van der Waals surface area contributed by atoms with E-state index in [0.717, 1.165) is 11.3 Å². The van der Waals surface area contributed by atoms with Crippen LogP contribution in [0, 0.1) is 0 Å². The van der Waals surface area contributed by atoms with Crippen molar-refractivity contribution in [3.8, 4) is 0 Å². The number of allylic oxidation sites excluding steroid dienone is 1. The molecule has 12 heavy (non-hydrogen) atoms. The fourth-order valence-electron chi connectivity index (χ4n) is 0.773. The Bertz CT molecular complexity index is 281. The summed E-state index contributed by atoms with van der Waals surface area (Å²) >= 11 is 0. The summed E-state index contributed by atoms with van der Waals surface area (Å²) in [5.74, 6) is -0.962. The van der Waals surface area contributed by atoms with Crippen molar-refractivity contribution in [1.29, 1.82) is 0 Å². The molecule has 0 saturated heterocycles. The molecule has 0 atom stereocenters. The zero-order chi connectivity index (χ0) is 9.14. The first-order valence-electron chi connectivity index (χ1n) is 3.46. The number of carbonyl (C=O) groups is 1. The van der Waals surface area contributed by atoms with Gasteiger partial charge in [-0.25, -0.2) is 4.79 Å². The Morgan fingerprint density at radius 1 is 1.58 bits per heavy atom. The van der Waals surface area contributed by atoms with Gasteiger partial charge in [-0.1, -0.05) is 6.58 Å². The Hall–Kier alpha value is -1.64. The molecule has 62 valence electrons. The highest BCUT2D eigenvalue weighted by molar-refractivity contribution is 5.87. The summed E-state index contributed by atoms with van der Waals surface area (Å²) in [5.41, 5.74) is 1.74. The lowest BCUT2D eigenvalue weighted by atomic mass is 10.2. The van der Waals surface area contributed by atoms with Crippen LogP contribution < -0.4 is 0 Å². The Kier molecular flexibility index (Phi) is 2.24. The van der Waals surface area contributed by atoms with Gasteiger partial charge in [0.15, 0.2) is 0 Å². The molecule has 0 bridgehead atoms. The molecule has 0 aromatic carbocycles. The standard InChI is InChI=1S/C9H9NO2/c1-6(2)8-4-3-7(5-10-8)9(11)12/h3-5H,1H2,2H3,(H,11,12). The number of rotatable bonds is 2. The molecule has 0 amide bonds. The Labute approximate surface area is 70.4 Å². The number of pyridine rings is 1. The average Bonchev–Trinajstić information content (AvgIpc) is 2.04. The lowest BCUT2D eigenvalue weighted by Crippen LogP contribution is -1.97. The van der Waals surface area contributed by atoms with Gasteiger partial charge in [-0.3, -0.25) is 4.98 Å². The predicted molar refractivity (Wildman–Crippen MR) is 45.9 cm³/mol. The Balaban J connectivity index is 3.01. The summed E-state index contributed by atoms with van der Waals surface area (Å²) in [5, 5.41) is 8.55. The van der Waals surface area contributed by atoms with Crippen LogP contribution in [0.3, 0.4) is 0 Å². The molecule has 1 aromatic heterocycles. The number of nitrogens with zero attached hydrogens (tertiary/aromatic N) is 1. The molecule has 1 heterocycles. The van der Waals surface area contributed by atoms with Crippen molar-refractivity contribution in [3.63, 3.8) is 0 Å². The average molecular weight is 163 g/mol. The fraction of sp³-hybridized carbons (Fsp3) is 0.111.